The van der Waals surface area contributed by atoms with E-state index in [1.54, 1.807) is 0 Å². The fourth-order valence-electron chi connectivity index (χ4n) is 7.17. The van der Waals surface area contributed by atoms with Crippen LogP contribution in [0.2, 0.25) is 0 Å². The second-order valence-electron chi connectivity index (χ2n) is 12.5. The van der Waals surface area contributed by atoms with Gasteiger partial charge < -0.3 is 4.90 Å². The van der Waals surface area contributed by atoms with Crippen LogP contribution >= 0.6 is 11.3 Å². The molecule has 1 nitrogen and oxygen atoms in total. The molecule has 0 aliphatic carbocycles. The molecule has 0 radical (unpaired) electrons. The number of nitrogens with zero attached hydrogens (tertiary/aromatic N) is 1. The molecule has 0 spiro atoms. The molecule has 0 saturated carbocycles. The highest BCUT2D eigenvalue weighted by molar-refractivity contribution is 7.25. The number of anilines is 3. The van der Waals surface area contributed by atoms with Crippen LogP contribution < -0.4 is 4.90 Å². The zero-order valence-corrected chi connectivity index (χ0v) is 28.2. The number of rotatable bonds is 7. The minimum absolute atomic E-state index is 1.11. The van der Waals surface area contributed by atoms with E-state index in [0.717, 1.165) is 17.1 Å². The summed E-state index contributed by atoms with van der Waals surface area (Å²) in [6.07, 6.45) is 0. The number of para-hydroxylation sites is 1. The summed E-state index contributed by atoms with van der Waals surface area (Å²) >= 11 is 1.86. The second-order valence-corrected chi connectivity index (χ2v) is 13.6. The normalized spacial score (nSPS) is 11.2. The SMILES string of the molecule is c1ccc(-c2cccc(N(c3ccc4c(c3)sc3ccccc34)c3ccccc3-c3ccccc3-c3ccccc3-c3ccccc3)c2)cc1. The van der Waals surface area contributed by atoms with Gasteiger partial charge in [0.2, 0.25) is 0 Å². The molecule has 50 heavy (non-hydrogen) atoms. The summed E-state index contributed by atoms with van der Waals surface area (Å²) in [5.41, 5.74) is 13.0. The van der Waals surface area contributed by atoms with Crippen LogP contribution in [0, 0.1) is 0 Å². The molecule has 0 bridgehead atoms. The summed E-state index contributed by atoms with van der Waals surface area (Å²) < 4.78 is 2.59. The molecule has 0 aliphatic rings. The van der Waals surface area contributed by atoms with Gasteiger partial charge in [-0.15, -0.1) is 11.3 Å². The topological polar surface area (TPSA) is 3.24 Å². The van der Waals surface area contributed by atoms with E-state index in [9.17, 15) is 0 Å². The van der Waals surface area contributed by atoms with Crippen molar-refractivity contribution in [2.75, 3.05) is 4.90 Å². The molecule has 2 heteroatoms. The van der Waals surface area contributed by atoms with Crippen molar-refractivity contribution in [3.05, 3.63) is 200 Å². The summed E-state index contributed by atoms with van der Waals surface area (Å²) in [5.74, 6) is 0. The first-order valence-electron chi connectivity index (χ1n) is 17.0. The largest absolute Gasteiger partial charge is 0.310 e. The third-order valence-electron chi connectivity index (χ3n) is 9.50. The van der Waals surface area contributed by atoms with Gasteiger partial charge in [-0.1, -0.05) is 164 Å². The lowest BCUT2D eigenvalue weighted by Crippen LogP contribution is -2.11. The molecule has 236 valence electrons. The monoisotopic (exact) mass is 655 g/mol. The molecule has 0 amide bonds. The fourth-order valence-corrected chi connectivity index (χ4v) is 8.31. The van der Waals surface area contributed by atoms with Crippen molar-refractivity contribution >= 4 is 48.6 Å². The van der Waals surface area contributed by atoms with Crippen molar-refractivity contribution in [1.82, 2.24) is 0 Å². The van der Waals surface area contributed by atoms with Gasteiger partial charge in [0, 0.05) is 37.1 Å². The van der Waals surface area contributed by atoms with E-state index < -0.39 is 0 Å². The van der Waals surface area contributed by atoms with Crippen LogP contribution in [-0.2, 0) is 0 Å². The molecule has 1 heterocycles. The Morgan fingerprint density at radius 2 is 0.820 bits per heavy atom. The summed E-state index contributed by atoms with van der Waals surface area (Å²) in [7, 11) is 0. The quantitative estimate of drug-likeness (QED) is 0.165. The maximum absolute atomic E-state index is 2.44. The van der Waals surface area contributed by atoms with Crippen LogP contribution in [0.1, 0.15) is 0 Å². The third-order valence-corrected chi connectivity index (χ3v) is 10.6. The number of fused-ring (bicyclic) bond motifs is 3. The fraction of sp³-hybridized carbons (Fsp3) is 0. The van der Waals surface area contributed by atoms with E-state index in [1.807, 2.05) is 11.3 Å². The summed E-state index contributed by atoms with van der Waals surface area (Å²) in [6.45, 7) is 0. The van der Waals surface area contributed by atoms with Gasteiger partial charge in [-0.05, 0) is 75.3 Å². The molecule has 1 aromatic heterocycles. The lowest BCUT2D eigenvalue weighted by molar-refractivity contribution is 1.29. The van der Waals surface area contributed by atoms with Gasteiger partial charge in [0.1, 0.15) is 0 Å². The first-order chi connectivity index (χ1) is 24.8. The number of hydrogen-bond donors (Lipinski definition) is 0. The van der Waals surface area contributed by atoms with Crippen molar-refractivity contribution < 1.29 is 0 Å². The smallest absolute Gasteiger partial charge is 0.0540 e. The van der Waals surface area contributed by atoms with E-state index in [4.69, 9.17) is 0 Å². The van der Waals surface area contributed by atoms with Gasteiger partial charge in [-0.3, -0.25) is 0 Å². The Labute approximate surface area is 297 Å². The molecular formula is C48H33NS. The van der Waals surface area contributed by atoms with E-state index in [0.29, 0.717) is 0 Å². The highest BCUT2D eigenvalue weighted by Crippen LogP contribution is 2.47. The molecule has 0 atom stereocenters. The van der Waals surface area contributed by atoms with Gasteiger partial charge in [-0.25, -0.2) is 0 Å². The van der Waals surface area contributed by atoms with Gasteiger partial charge in [0.15, 0.2) is 0 Å². The molecule has 8 aromatic carbocycles. The average molecular weight is 656 g/mol. The molecule has 9 rings (SSSR count). The van der Waals surface area contributed by atoms with Gasteiger partial charge in [0.25, 0.3) is 0 Å². The zero-order chi connectivity index (χ0) is 33.3. The molecule has 0 fully saturated rings. The van der Waals surface area contributed by atoms with Crippen LogP contribution in [-0.4, -0.2) is 0 Å². The Morgan fingerprint density at radius 1 is 0.300 bits per heavy atom. The Morgan fingerprint density at radius 3 is 1.58 bits per heavy atom. The lowest BCUT2D eigenvalue weighted by Gasteiger charge is -2.29. The van der Waals surface area contributed by atoms with E-state index in [-0.39, 0.29) is 0 Å². The maximum Gasteiger partial charge on any atom is 0.0540 e. The Kier molecular flexibility index (Phi) is 7.77. The molecular weight excluding hydrogens is 623 g/mol. The number of benzene rings is 8. The minimum Gasteiger partial charge on any atom is -0.310 e. The van der Waals surface area contributed by atoms with Crippen LogP contribution in [0.15, 0.2) is 200 Å². The first-order valence-corrected chi connectivity index (χ1v) is 17.8. The van der Waals surface area contributed by atoms with Gasteiger partial charge in [0.05, 0.1) is 5.69 Å². The first kappa shape index (κ1) is 29.9. The molecule has 0 unspecified atom stereocenters. The number of thiophene rings is 1. The standard InChI is InChI=1S/C48H33NS/c1-3-16-34(17-4-1)36-20-15-21-37(32-36)49(38-30-31-45-44-27-12-14-29-47(44)50-48(45)33-38)46-28-13-11-26-43(46)42-25-10-9-24-41(42)40-23-8-7-22-39(40)35-18-5-2-6-19-35/h1-33H. The predicted molar refractivity (Wildman–Crippen MR) is 216 cm³/mol. The Bertz CT molecular complexity index is 2600. The van der Waals surface area contributed by atoms with Crippen molar-refractivity contribution in [3.8, 4) is 44.5 Å². The summed E-state index contributed by atoms with van der Waals surface area (Å²) in [6, 6.07) is 72.4. The maximum atomic E-state index is 2.44. The highest BCUT2D eigenvalue weighted by Gasteiger charge is 2.21. The molecule has 0 aliphatic heterocycles. The number of hydrogen-bond acceptors (Lipinski definition) is 2. The van der Waals surface area contributed by atoms with Crippen molar-refractivity contribution in [2.24, 2.45) is 0 Å². The summed E-state index contributed by atoms with van der Waals surface area (Å²) in [4.78, 5) is 2.44. The third kappa shape index (κ3) is 5.46. The second kappa shape index (κ2) is 13.0. The van der Waals surface area contributed by atoms with Crippen molar-refractivity contribution in [3.63, 3.8) is 0 Å². The van der Waals surface area contributed by atoms with E-state index in [2.05, 4.69) is 205 Å². The lowest BCUT2D eigenvalue weighted by atomic mass is 9.88. The average Bonchev–Trinajstić information content (AvgIpc) is 3.57. The zero-order valence-electron chi connectivity index (χ0n) is 27.4. The van der Waals surface area contributed by atoms with Crippen molar-refractivity contribution in [1.29, 1.82) is 0 Å². The van der Waals surface area contributed by atoms with Crippen molar-refractivity contribution in [2.45, 2.75) is 0 Å². The van der Waals surface area contributed by atoms with Crippen LogP contribution in [0.5, 0.6) is 0 Å². The van der Waals surface area contributed by atoms with Crippen LogP contribution in [0.3, 0.4) is 0 Å². The molecule has 9 aromatic rings. The highest BCUT2D eigenvalue weighted by atomic mass is 32.1. The van der Waals surface area contributed by atoms with Crippen LogP contribution in [0.4, 0.5) is 17.1 Å². The minimum atomic E-state index is 1.11. The molecule has 0 saturated heterocycles. The van der Waals surface area contributed by atoms with E-state index >= 15 is 0 Å². The Balaban J connectivity index is 1.27. The molecule has 0 N–H and O–H groups in total. The predicted octanol–water partition coefficient (Wildman–Crippen LogP) is 14.2. The van der Waals surface area contributed by atoms with Crippen LogP contribution in [0.25, 0.3) is 64.7 Å². The summed E-state index contributed by atoms with van der Waals surface area (Å²) in [5, 5.41) is 2.60. The van der Waals surface area contributed by atoms with Gasteiger partial charge in [-0.2, -0.15) is 0 Å². The van der Waals surface area contributed by atoms with E-state index in [1.165, 1.54) is 64.7 Å². The van der Waals surface area contributed by atoms with Gasteiger partial charge >= 0.3 is 0 Å². The Hall–Kier alpha value is -6.22.